The molecule has 2 aromatic heterocycles. The van der Waals surface area contributed by atoms with Gasteiger partial charge in [-0.2, -0.15) is 0 Å². The number of anilines is 1. The number of ether oxygens (including phenoxy) is 2. The van der Waals surface area contributed by atoms with Crippen molar-refractivity contribution in [3.05, 3.63) is 36.8 Å². The molecule has 2 fully saturated rings. The molecule has 2 N–H and O–H groups in total. The van der Waals surface area contributed by atoms with E-state index in [1.807, 2.05) is 12.1 Å². The summed E-state index contributed by atoms with van der Waals surface area (Å²) >= 11 is 0. The summed E-state index contributed by atoms with van der Waals surface area (Å²) in [5.74, 6) is 1.37. The van der Waals surface area contributed by atoms with Crippen molar-refractivity contribution >= 4 is 16.9 Å². The summed E-state index contributed by atoms with van der Waals surface area (Å²) in [5.41, 5.74) is 9.42. The molecule has 170 valence electrons. The molecular formula is C24H32N6O2. The molecule has 2 aliphatic rings. The standard InChI is InChI=1S/C24H32N6O2/c1-31-20-4-2-18(3-5-20)21-16-30(24-22(21)23(25)26-17-27-24)19-6-8-28(9-7-19)10-11-29-12-14-32-15-13-29/h2-5,16-17,19H,6-15H2,1H3,(H2,25,26,27). The summed E-state index contributed by atoms with van der Waals surface area (Å²) in [4.78, 5) is 14.0. The lowest BCUT2D eigenvalue weighted by atomic mass is 10.0. The van der Waals surface area contributed by atoms with Gasteiger partial charge in [-0.25, -0.2) is 9.97 Å². The van der Waals surface area contributed by atoms with Gasteiger partial charge in [-0.3, -0.25) is 4.90 Å². The van der Waals surface area contributed by atoms with Crippen LogP contribution in [-0.2, 0) is 4.74 Å². The minimum Gasteiger partial charge on any atom is -0.497 e. The molecule has 0 bridgehead atoms. The first-order chi connectivity index (χ1) is 15.7. The third-order valence-corrected chi connectivity index (χ3v) is 6.83. The quantitative estimate of drug-likeness (QED) is 0.636. The first kappa shape index (κ1) is 21.2. The number of morpholine rings is 1. The SMILES string of the molecule is COc1ccc(-c2cn(C3CCN(CCN4CCOCC4)CC3)c3ncnc(N)c23)cc1. The van der Waals surface area contributed by atoms with Crippen LogP contribution in [0.25, 0.3) is 22.2 Å². The number of hydrogen-bond donors (Lipinski definition) is 1. The summed E-state index contributed by atoms with van der Waals surface area (Å²) in [6.07, 6.45) is 6.01. The van der Waals surface area contributed by atoms with E-state index < -0.39 is 0 Å². The molecule has 0 radical (unpaired) electrons. The van der Waals surface area contributed by atoms with Crippen LogP contribution < -0.4 is 10.5 Å². The lowest BCUT2D eigenvalue weighted by molar-refractivity contribution is 0.0316. The number of nitrogens with two attached hydrogens (primary N) is 1. The Morgan fingerprint density at radius 2 is 1.69 bits per heavy atom. The number of likely N-dealkylation sites (tertiary alicyclic amines) is 1. The van der Waals surface area contributed by atoms with E-state index in [2.05, 4.69) is 42.7 Å². The Hall–Kier alpha value is -2.68. The van der Waals surface area contributed by atoms with E-state index in [1.165, 1.54) is 0 Å². The number of methoxy groups -OCH3 is 1. The van der Waals surface area contributed by atoms with Crippen LogP contribution in [0.15, 0.2) is 36.8 Å². The lowest BCUT2D eigenvalue weighted by Gasteiger charge is -2.35. The first-order valence-electron chi connectivity index (χ1n) is 11.5. The molecule has 0 amide bonds. The average Bonchev–Trinajstić information content (AvgIpc) is 3.25. The summed E-state index contributed by atoms with van der Waals surface area (Å²) in [6, 6.07) is 8.51. The van der Waals surface area contributed by atoms with Gasteiger partial charge in [-0.15, -0.1) is 0 Å². The number of piperidine rings is 1. The number of aromatic nitrogens is 3. The molecule has 32 heavy (non-hydrogen) atoms. The summed E-state index contributed by atoms with van der Waals surface area (Å²) in [7, 11) is 1.68. The Bertz CT molecular complexity index is 1040. The van der Waals surface area contributed by atoms with Gasteiger partial charge in [-0.1, -0.05) is 12.1 Å². The monoisotopic (exact) mass is 436 g/mol. The Labute approximate surface area is 188 Å². The molecule has 1 aromatic carbocycles. The normalized spacial score (nSPS) is 18.9. The number of nitrogen functional groups attached to an aromatic ring is 1. The minimum absolute atomic E-state index is 0.415. The van der Waals surface area contributed by atoms with Gasteiger partial charge < -0.3 is 24.7 Å². The summed E-state index contributed by atoms with van der Waals surface area (Å²) in [5, 5.41) is 0.937. The predicted octanol–water partition coefficient (Wildman–Crippen LogP) is 2.66. The Morgan fingerprint density at radius 1 is 1.00 bits per heavy atom. The molecule has 8 nitrogen and oxygen atoms in total. The van der Waals surface area contributed by atoms with Crippen molar-refractivity contribution in [3.63, 3.8) is 0 Å². The summed E-state index contributed by atoms with van der Waals surface area (Å²) in [6.45, 7) is 8.31. The highest BCUT2D eigenvalue weighted by molar-refractivity contribution is 6.00. The number of fused-ring (bicyclic) bond motifs is 1. The number of rotatable bonds is 6. The van der Waals surface area contributed by atoms with Crippen LogP contribution >= 0.6 is 0 Å². The van der Waals surface area contributed by atoms with Gasteiger partial charge in [0, 0.05) is 57.1 Å². The molecular weight excluding hydrogens is 404 g/mol. The van der Waals surface area contributed by atoms with Gasteiger partial charge in [0.25, 0.3) is 0 Å². The highest BCUT2D eigenvalue weighted by Crippen LogP contribution is 2.37. The molecule has 4 heterocycles. The first-order valence-corrected chi connectivity index (χ1v) is 11.5. The van der Waals surface area contributed by atoms with Crippen molar-refractivity contribution < 1.29 is 9.47 Å². The van der Waals surface area contributed by atoms with Crippen LogP contribution in [0, 0.1) is 0 Å². The fourth-order valence-corrected chi connectivity index (χ4v) is 4.90. The van der Waals surface area contributed by atoms with Gasteiger partial charge in [0.1, 0.15) is 23.5 Å². The second kappa shape index (κ2) is 9.44. The van der Waals surface area contributed by atoms with Crippen LogP contribution in [-0.4, -0.2) is 83.9 Å². The molecule has 0 unspecified atom stereocenters. The highest BCUT2D eigenvalue weighted by atomic mass is 16.5. The van der Waals surface area contributed by atoms with E-state index in [9.17, 15) is 0 Å². The third kappa shape index (κ3) is 4.30. The Morgan fingerprint density at radius 3 is 2.38 bits per heavy atom. The zero-order valence-corrected chi connectivity index (χ0v) is 18.7. The van der Waals surface area contributed by atoms with Gasteiger partial charge in [0.05, 0.1) is 25.7 Å². The Balaban J connectivity index is 1.33. The van der Waals surface area contributed by atoms with E-state index in [0.717, 1.165) is 93.2 Å². The second-order valence-corrected chi connectivity index (χ2v) is 8.66. The number of benzene rings is 1. The van der Waals surface area contributed by atoms with Crippen LogP contribution in [0.5, 0.6) is 5.75 Å². The second-order valence-electron chi connectivity index (χ2n) is 8.66. The van der Waals surface area contributed by atoms with Crippen molar-refractivity contribution in [3.8, 4) is 16.9 Å². The van der Waals surface area contributed by atoms with Crippen molar-refractivity contribution in [2.75, 3.05) is 65.3 Å². The fraction of sp³-hybridized carbons (Fsp3) is 0.500. The van der Waals surface area contributed by atoms with Crippen molar-refractivity contribution in [1.29, 1.82) is 0 Å². The summed E-state index contributed by atoms with van der Waals surface area (Å²) < 4.78 is 13.1. The molecule has 5 rings (SSSR count). The number of nitrogens with zero attached hydrogens (tertiary/aromatic N) is 5. The average molecular weight is 437 g/mol. The predicted molar refractivity (Wildman–Crippen MR) is 126 cm³/mol. The van der Waals surface area contributed by atoms with E-state index in [4.69, 9.17) is 15.2 Å². The van der Waals surface area contributed by atoms with Crippen molar-refractivity contribution in [1.82, 2.24) is 24.3 Å². The molecule has 2 saturated heterocycles. The minimum atomic E-state index is 0.415. The smallest absolute Gasteiger partial charge is 0.146 e. The lowest BCUT2D eigenvalue weighted by Crippen LogP contribution is -2.43. The molecule has 3 aromatic rings. The van der Waals surface area contributed by atoms with E-state index in [1.54, 1.807) is 13.4 Å². The maximum Gasteiger partial charge on any atom is 0.146 e. The van der Waals surface area contributed by atoms with Gasteiger partial charge in [0.15, 0.2) is 0 Å². The van der Waals surface area contributed by atoms with Crippen molar-refractivity contribution in [2.24, 2.45) is 0 Å². The molecule has 8 heteroatoms. The van der Waals surface area contributed by atoms with E-state index >= 15 is 0 Å². The van der Waals surface area contributed by atoms with E-state index in [0.29, 0.717) is 11.9 Å². The highest BCUT2D eigenvalue weighted by Gasteiger charge is 2.25. The molecule has 0 spiro atoms. The van der Waals surface area contributed by atoms with E-state index in [-0.39, 0.29) is 0 Å². The molecule has 0 aliphatic carbocycles. The van der Waals surface area contributed by atoms with Crippen LogP contribution in [0.1, 0.15) is 18.9 Å². The molecule has 0 atom stereocenters. The number of hydrogen-bond acceptors (Lipinski definition) is 7. The fourth-order valence-electron chi connectivity index (χ4n) is 4.90. The van der Waals surface area contributed by atoms with Crippen LogP contribution in [0.4, 0.5) is 5.82 Å². The molecule has 0 saturated carbocycles. The zero-order valence-electron chi connectivity index (χ0n) is 18.7. The van der Waals surface area contributed by atoms with Gasteiger partial charge in [0.2, 0.25) is 0 Å². The zero-order chi connectivity index (χ0) is 21.9. The van der Waals surface area contributed by atoms with Crippen molar-refractivity contribution in [2.45, 2.75) is 18.9 Å². The maximum atomic E-state index is 6.31. The Kier molecular flexibility index (Phi) is 6.25. The van der Waals surface area contributed by atoms with Crippen LogP contribution in [0.2, 0.25) is 0 Å². The third-order valence-electron chi connectivity index (χ3n) is 6.83. The van der Waals surface area contributed by atoms with Crippen LogP contribution in [0.3, 0.4) is 0 Å². The van der Waals surface area contributed by atoms with Gasteiger partial charge >= 0.3 is 0 Å². The topological polar surface area (TPSA) is 81.7 Å². The largest absolute Gasteiger partial charge is 0.497 e. The van der Waals surface area contributed by atoms with Gasteiger partial charge in [-0.05, 0) is 30.5 Å². The molecule has 2 aliphatic heterocycles. The maximum absolute atomic E-state index is 6.31.